The lowest BCUT2D eigenvalue weighted by molar-refractivity contribution is 0.0685. The molecule has 0 atom stereocenters. The van der Waals surface area contributed by atoms with Crippen LogP contribution in [0.4, 0.5) is 0 Å². The van der Waals surface area contributed by atoms with Gasteiger partial charge < -0.3 is 9.47 Å². The van der Waals surface area contributed by atoms with Gasteiger partial charge in [0.2, 0.25) is 0 Å². The summed E-state index contributed by atoms with van der Waals surface area (Å²) < 4.78 is 2.27. The molecule has 0 unspecified atom stereocenters. The lowest BCUT2D eigenvalue weighted by Gasteiger charge is -2.32. The van der Waals surface area contributed by atoms with Gasteiger partial charge in [-0.05, 0) is 62.4 Å². The van der Waals surface area contributed by atoms with Crippen LogP contribution in [0.25, 0.3) is 11.4 Å². The van der Waals surface area contributed by atoms with E-state index in [1.165, 1.54) is 0 Å². The van der Waals surface area contributed by atoms with E-state index in [-0.39, 0.29) is 5.91 Å². The summed E-state index contributed by atoms with van der Waals surface area (Å²) >= 11 is 0. The van der Waals surface area contributed by atoms with Crippen LogP contribution in [0.15, 0.2) is 55.0 Å². The molecule has 0 bridgehead atoms. The predicted molar refractivity (Wildman–Crippen MR) is 115 cm³/mol. The zero-order chi connectivity index (χ0) is 20.9. The van der Waals surface area contributed by atoms with Crippen LogP contribution in [0.1, 0.15) is 40.9 Å². The van der Waals surface area contributed by atoms with Crippen molar-refractivity contribution in [2.24, 2.45) is 5.92 Å². The highest BCUT2D eigenvalue weighted by Gasteiger charge is 2.24. The van der Waals surface area contributed by atoms with Gasteiger partial charge in [0.1, 0.15) is 5.82 Å². The highest BCUT2D eigenvalue weighted by atomic mass is 16.2. The number of aromatic nitrogens is 3. The molecule has 3 aromatic rings. The van der Waals surface area contributed by atoms with Crippen molar-refractivity contribution in [3.8, 4) is 17.5 Å². The number of imidazole rings is 1. The Morgan fingerprint density at radius 1 is 1.20 bits per heavy atom. The van der Waals surface area contributed by atoms with Crippen molar-refractivity contribution in [3.05, 3.63) is 71.8 Å². The molecule has 1 aromatic carbocycles. The summed E-state index contributed by atoms with van der Waals surface area (Å²) in [6, 6.07) is 13.0. The minimum Gasteiger partial charge on any atom is -0.339 e. The van der Waals surface area contributed by atoms with E-state index >= 15 is 0 Å². The van der Waals surface area contributed by atoms with Crippen molar-refractivity contribution in [2.75, 3.05) is 13.1 Å². The van der Waals surface area contributed by atoms with Crippen molar-refractivity contribution in [1.82, 2.24) is 19.4 Å². The molecule has 1 aliphatic heterocycles. The molecule has 4 rings (SSSR count). The zero-order valence-corrected chi connectivity index (χ0v) is 17.2. The Bertz CT molecular complexity index is 1060. The Hall–Kier alpha value is -3.46. The van der Waals surface area contributed by atoms with E-state index in [0.717, 1.165) is 56.0 Å². The minimum absolute atomic E-state index is 0.0230. The predicted octanol–water partition coefficient (Wildman–Crippen LogP) is 4.07. The minimum atomic E-state index is 0.0230. The number of carbonyl (C=O) groups is 1. The van der Waals surface area contributed by atoms with E-state index in [9.17, 15) is 4.79 Å². The smallest absolute Gasteiger partial charge is 0.253 e. The van der Waals surface area contributed by atoms with Gasteiger partial charge >= 0.3 is 0 Å². The Morgan fingerprint density at radius 2 is 2.03 bits per heavy atom. The fourth-order valence-corrected chi connectivity index (χ4v) is 4.11. The molecule has 1 fully saturated rings. The average molecular weight is 399 g/mol. The third-order valence-corrected chi connectivity index (χ3v) is 5.88. The summed E-state index contributed by atoms with van der Waals surface area (Å²) in [7, 11) is 0. The van der Waals surface area contributed by atoms with Crippen LogP contribution in [-0.4, -0.2) is 38.4 Å². The van der Waals surface area contributed by atoms with E-state index in [1.54, 1.807) is 30.5 Å². The molecule has 0 spiro atoms. The van der Waals surface area contributed by atoms with Gasteiger partial charge in [-0.3, -0.25) is 9.78 Å². The number of nitrogens with zero attached hydrogens (tertiary/aromatic N) is 5. The molecule has 30 heavy (non-hydrogen) atoms. The molecule has 0 aliphatic carbocycles. The second-order valence-corrected chi connectivity index (χ2v) is 7.83. The summed E-state index contributed by atoms with van der Waals surface area (Å²) in [4.78, 5) is 23.5. The molecule has 0 radical (unpaired) electrons. The van der Waals surface area contributed by atoms with Gasteiger partial charge in [-0.2, -0.15) is 5.26 Å². The highest BCUT2D eigenvalue weighted by Crippen LogP contribution is 2.25. The Morgan fingerprint density at radius 3 is 2.77 bits per heavy atom. The van der Waals surface area contributed by atoms with Crippen LogP contribution in [0.3, 0.4) is 0 Å². The number of hydrogen-bond acceptors (Lipinski definition) is 4. The summed E-state index contributed by atoms with van der Waals surface area (Å²) in [6.45, 7) is 4.53. The lowest BCUT2D eigenvalue weighted by Crippen LogP contribution is -2.38. The Labute approximate surface area is 176 Å². The molecule has 152 valence electrons. The van der Waals surface area contributed by atoms with E-state index < -0.39 is 0 Å². The number of hydrogen-bond donors (Lipinski definition) is 0. The number of rotatable bonds is 5. The van der Waals surface area contributed by atoms with Crippen molar-refractivity contribution in [1.29, 1.82) is 5.26 Å². The normalized spacial score (nSPS) is 14.5. The number of benzene rings is 1. The number of likely N-dealkylation sites (tertiary alicyclic amines) is 1. The fourth-order valence-electron chi connectivity index (χ4n) is 4.11. The monoisotopic (exact) mass is 399 g/mol. The number of aryl methyl sites for hydroxylation is 1. The topological polar surface area (TPSA) is 74.8 Å². The number of nitriles is 1. The van der Waals surface area contributed by atoms with Gasteiger partial charge in [0, 0.05) is 55.0 Å². The molecule has 6 heteroatoms. The second-order valence-electron chi connectivity index (χ2n) is 7.83. The molecule has 1 aliphatic rings. The molecule has 6 nitrogen and oxygen atoms in total. The van der Waals surface area contributed by atoms with Gasteiger partial charge in [-0.25, -0.2) is 4.98 Å². The van der Waals surface area contributed by atoms with E-state index in [1.807, 2.05) is 29.4 Å². The van der Waals surface area contributed by atoms with Crippen molar-refractivity contribution in [2.45, 2.75) is 32.7 Å². The summed E-state index contributed by atoms with van der Waals surface area (Å²) in [5.41, 5.74) is 3.31. The molecule has 1 saturated heterocycles. The highest BCUT2D eigenvalue weighted by molar-refractivity contribution is 5.94. The fraction of sp³-hybridized carbons (Fsp3) is 0.333. The van der Waals surface area contributed by atoms with Crippen molar-refractivity contribution in [3.63, 3.8) is 0 Å². The average Bonchev–Trinajstić information content (AvgIpc) is 3.18. The van der Waals surface area contributed by atoms with E-state index in [4.69, 9.17) is 5.26 Å². The maximum absolute atomic E-state index is 12.8. The van der Waals surface area contributed by atoms with Crippen LogP contribution in [0.5, 0.6) is 0 Å². The van der Waals surface area contributed by atoms with Gasteiger partial charge in [-0.1, -0.05) is 6.07 Å². The molecular formula is C24H25N5O. The molecule has 2 aromatic heterocycles. The second kappa shape index (κ2) is 8.91. The van der Waals surface area contributed by atoms with E-state index in [0.29, 0.717) is 17.0 Å². The number of piperidine rings is 1. The maximum Gasteiger partial charge on any atom is 0.253 e. The zero-order valence-electron chi connectivity index (χ0n) is 17.2. The first-order chi connectivity index (χ1) is 14.7. The first-order valence-electron chi connectivity index (χ1n) is 10.4. The van der Waals surface area contributed by atoms with Crippen LogP contribution >= 0.6 is 0 Å². The van der Waals surface area contributed by atoms with Gasteiger partial charge in [-0.15, -0.1) is 0 Å². The van der Waals surface area contributed by atoms with Crippen molar-refractivity contribution >= 4 is 5.91 Å². The lowest BCUT2D eigenvalue weighted by atomic mass is 9.93. The first kappa shape index (κ1) is 19.8. The van der Waals surface area contributed by atoms with Gasteiger partial charge in [0.25, 0.3) is 5.91 Å². The molecule has 3 heterocycles. The van der Waals surface area contributed by atoms with Crippen LogP contribution in [0, 0.1) is 24.2 Å². The molecule has 1 amide bonds. The molecule has 0 N–H and O–H groups in total. The molecular weight excluding hydrogens is 374 g/mol. The van der Waals surface area contributed by atoms with Crippen LogP contribution < -0.4 is 0 Å². The SMILES string of the molecule is Cc1cnc(-c2cccnc2)n1CCC1CCN(C(=O)c2cccc(C#N)c2)CC1. The third-order valence-electron chi connectivity index (χ3n) is 5.88. The quantitative estimate of drug-likeness (QED) is 0.648. The standard InChI is InChI=1S/C24H25N5O/c1-18-16-27-23(22-6-3-10-26-17-22)29(18)13-9-19-7-11-28(12-8-19)24(30)21-5-2-4-20(14-21)15-25/h2-6,10,14,16-17,19H,7-9,11-13H2,1H3. The Balaban J connectivity index is 1.34. The van der Waals surface area contributed by atoms with Gasteiger partial charge in [0.15, 0.2) is 0 Å². The van der Waals surface area contributed by atoms with E-state index in [2.05, 4.69) is 27.5 Å². The Kier molecular flexibility index (Phi) is 5.89. The third kappa shape index (κ3) is 4.25. The largest absolute Gasteiger partial charge is 0.339 e. The number of pyridine rings is 1. The van der Waals surface area contributed by atoms with Crippen LogP contribution in [-0.2, 0) is 6.54 Å². The summed E-state index contributed by atoms with van der Waals surface area (Å²) in [5.74, 6) is 1.57. The first-order valence-corrected chi connectivity index (χ1v) is 10.4. The molecule has 0 saturated carbocycles. The summed E-state index contributed by atoms with van der Waals surface area (Å²) in [5, 5.41) is 9.05. The van der Waals surface area contributed by atoms with Crippen molar-refractivity contribution < 1.29 is 4.79 Å². The van der Waals surface area contributed by atoms with Gasteiger partial charge in [0.05, 0.1) is 11.6 Å². The number of amides is 1. The maximum atomic E-state index is 12.8. The summed E-state index contributed by atoms with van der Waals surface area (Å²) in [6.07, 6.45) is 8.60. The number of carbonyl (C=O) groups excluding carboxylic acids is 1. The van der Waals surface area contributed by atoms with Crippen LogP contribution in [0.2, 0.25) is 0 Å².